The van der Waals surface area contributed by atoms with Gasteiger partial charge < -0.3 is 9.15 Å². The van der Waals surface area contributed by atoms with Crippen molar-refractivity contribution in [3.63, 3.8) is 0 Å². The van der Waals surface area contributed by atoms with Gasteiger partial charge in [0.25, 0.3) is 0 Å². The normalized spacial score (nSPS) is 10.2. The predicted octanol–water partition coefficient (Wildman–Crippen LogP) is 1.58. The molecule has 15 heavy (non-hydrogen) atoms. The molecule has 1 aromatic heterocycles. The quantitative estimate of drug-likeness (QED) is 0.522. The highest BCUT2D eigenvalue weighted by molar-refractivity contribution is 6.01. The fourth-order valence-electron chi connectivity index (χ4n) is 1.36. The smallest absolute Gasteiger partial charge is 0.341 e. The Bertz CT molecular complexity index is 568. The summed E-state index contributed by atoms with van der Waals surface area (Å²) in [6, 6.07) is 7.92. The van der Waals surface area contributed by atoms with E-state index >= 15 is 0 Å². The maximum atomic E-state index is 11.4. The summed E-state index contributed by atoms with van der Waals surface area (Å²) in [5.74, 6) is -0.519. The largest absolute Gasteiger partial charge is 0.465 e. The van der Waals surface area contributed by atoms with Gasteiger partial charge in [-0.25, -0.2) is 9.59 Å². The highest BCUT2D eigenvalue weighted by Crippen LogP contribution is 2.17. The number of carbonyl (C=O) groups excluding carboxylic acids is 1. The average molecular weight is 204 g/mol. The van der Waals surface area contributed by atoms with Crippen molar-refractivity contribution in [3.8, 4) is 0 Å². The van der Waals surface area contributed by atoms with E-state index in [2.05, 4.69) is 4.74 Å². The van der Waals surface area contributed by atoms with Crippen molar-refractivity contribution in [1.82, 2.24) is 0 Å². The van der Waals surface area contributed by atoms with Gasteiger partial charge in [-0.05, 0) is 12.1 Å². The van der Waals surface area contributed by atoms with E-state index in [9.17, 15) is 9.59 Å². The van der Waals surface area contributed by atoms with Crippen LogP contribution in [-0.4, -0.2) is 13.1 Å². The number of rotatable bonds is 1. The molecule has 0 aliphatic carbocycles. The minimum absolute atomic E-state index is 0.257. The second-order valence-corrected chi connectivity index (χ2v) is 2.97. The number of hydrogen-bond acceptors (Lipinski definition) is 4. The molecular weight excluding hydrogens is 196 g/mol. The van der Waals surface area contributed by atoms with Gasteiger partial charge in [-0.3, -0.25) is 0 Å². The van der Waals surface area contributed by atoms with E-state index in [4.69, 9.17) is 4.42 Å². The molecule has 0 amide bonds. The van der Waals surface area contributed by atoms with Crippen LogP contribution < -0.4 is 5.63 Å². The third-order valence-electron chi connectivity index (χ3n) is 2.05. The summed E-state index contributed by atoms with van der Waals surface area (Å²) in [6.45, 7) is 0. The standard InChI is InChI=1S/C11H8O4/c1-14-11(13)8-4-2-3-7-5-6-9(12)15-10(7)8/h2-6H,1H3. The highest BCUT2D eigenvalue weighted by atomic mass is 16.5. The summed E-state index contributed by atoms with van der Waals surface area (Å²) in [5.41, 5.74) is 0.0309. The Labute approximate surface area is 85.1 Å². The van der Waals surface area contributed by atoms with Crippen molar-refractivity contribution in [3.05, 3.63) is 46.3 Å². The van der Waals surface area contributed by atoms with Gasteiger partial charge >= 0.3 is 11.6 Å². The highest BCUT2D eigenvalue weighted by Gasteiger charge is 2.11. The Hall–Kier alpha value is -2.10. The van der Waals surface area contributed by atoms with Crippen LogP contribution >= 0.6 is 0 Å². The number of esters is 1. The summed E-state index contributed by atoms with van der Waals surface area (Å²) in [6.07, 6.45) is 0. The lowest BCUT2D eigenvalue weighted by molar-refractivity contribution is 0.0601. The number of fused-ring (bicyclic) bond motifs is 1. The first-order valence-electron chi connectivity index (χ1n) is 4.33. The van der Waals surface area contributed by atoms with Crippen LogP contribution in [0.3, 0.4) is 0 Å². The maximum Gasteiger partial charge on any atom is 0.341 e. The molecule has 0 saturated heterocycles. The van der Waals surface area contributed by atoms with E-state index in [1.807, 2.05) is 0 Å². The first kappa shape index (κ1) is 9.45. The van der Waals surface area contributed by atoms with Crippen LogP contribution in [0.5, 0.6) is 0 Å². The number of ether oxygens (including phenoxy) is 1. The zero-order valence-electron chi connectivity index (χ0n) is 8.02. The van der Waals surface area contributed by atoms with E-state index < -0.39 is 11.6 Å². The van der Waals surface area contributed by atoms with Crippen LogP contribution in [0, 0.1) is 0 Å². The molecule has 0 bridgehead atoms. The average Bonchev–Trinajstić information content (AvgIpc) is 2.27. The summed E-state index contributed by atoms with van der Waals surface area (Å²) in [7, 11) is 1.28. The van der Waals surface area contributed by atoms with Crippen molar-refractivity contribution in [2.24, 2.45) is 0 Å². The second-order valence-electron chi connectivity index (χ2n) is 2.97. The van der Waals surface area contributed by atoms with Gasteiger partial charge in [-0.2, -0.15) is 0 Å². The van der Waals surface area contributed by atoms with Crippen molar-refractivity contribution in [2.75, 3.05) is 7.11 Å². The van der Waals surface area contributed by atoms with Gasteiger partial charge in [0.15, 0.2) is 5.58 Å². The lowest BCUT2D eigenvalue weighted by Gasteiger charge is -2.01. The summed E-state index contributed by atoms with van der Waals surface area (Å²) >= 11 is 0. The molecule has 2 aromatic rings. The minimum atomic E-state index is -0.519. The molecule has 0 unspecified atom stereocenters. The number of benzene rings is 1. The minimum Gasteiger partial charge on any atom is -0.465 e. The fraction of sp³-hybridized carbons (Fsp3) is 0.0909. The van der Waals surface area contributed by atoms with Crippen molar-refractivity contribution < 1.29 is 13.9 Å². The third-order valence-corrected chi connectivity index (χ3v) is 2.05. The zero-order valence-corrected chi connectivity index (χ0v) is 8.02. The van der Waals surface area contributed by atoms with Gasteiger partial charge in [0.2, 0.25) is 0 Å². The molecule has 0 radical (unpaired) electrons. The van der Waals surface area contributed by atoms with Gasteiger partial charge in [-0.1, -0.05) is 12.1 Å². The molecule has 4 nitrogen and oxygen atoms in total. The Kier molecular flexibility index (Phi) is 2.25. The number of carbonyl (C=O) groups is 1. The summed E-state index contributed by atoms with van der Waals surface area (Å²) in [4.78, 5) is 22.4. The molecule has 0 fully saturated rings. The maximum absolute atomic E-state index is 11.4. The second kappa shape index (κ2) is 3.57. The third kappa shape index (κ3) is 1.61. The van der Waals surface area contributed by atoms with Crippen molar-refractivity contribution >= 4 is 16.9 Å². The van der Waals surface area contributed by atoms with E-state index in [-0.39, 0.29) is 11.1 Å². The van der Waals surface area contributed by atoms with Gasteiger partial charge in [-0.15, -0.1) is 0 Å². The van der Waals surface area contributed by atoms with Crippen LogP contribution in [0.1, 0.15) is 10.4 Å². The molecule has 76 valence electrons. The zero-order chi connectivity index (χ0) is 10.8. The molecule has 1 aromatic carbocycles. The number of para-hydroxylation sites is 1. The van der Waals surface area contributed by atoms with Crippen LogP contribution in [0.4, 0.5) is 0 Å². The van der Waals surface area contributed by atoms with Crippen LogP contribution in [-0.2, 0) is 4.74 Å². The molecule has 0 saturated carbocycles. The molecular formula is C11H8O4. The van der Waals surface area contributed by atoms with E-state index in [0.29, 0.717) is 5.39 Å². The molecule has 0 N–H and O–H groups in total. The van der Waals surface area contributed by atoms with Crippen molar-refractivity contribution in [2.45, 2.75) is 0 Å². The topological polar surface area (TPSA) is 56.5 Å². The Morgan fingerprint density at radius 2 is 2.07 bits per heavy atom. The monoisotopic (exact) mass is 204 g/mol. The predicted molar refractivity (Wildman–Crippen MR) is 53.8 cm³/mol. The Morgan fingerprint density at radius 3 is 2.80 bits per heavy atom. The molecule has 2 rings (SSSR count). The molecule has 0 spiro atoms. The number of hydrogen-bond donors (Lipinski definition) is 0. The molecule has 1 heterocycles. The number of methoxy groups -OCH3 is 1. The van der Waals surface area contributed by atoms with Crippen LogP contribution in [0.15, 0.2) is 39.5 Å². The van der Waals surface area contributed by atoms with E-state index in [0.717, 1.165) is 0 Å². The lowest BCUT2D eigenvalue weighted by Crippen LogP contribution is -2.04. The van der Waals surface area contributed by atoms with Gasteiger partial charge in [0, 0.05) is 11.5 Å². The summed E-state index contributed by atoms with van der Waals surface area (Å²) < 4.78 is 9.54. The Balaban J connectivity index is 2.79. The van der Waals surface area contributed by atoms with Crippen LogP contribution in [0.25, 0.3) is 11.0 Å². The van der Waals surface area contributed by atoms with Crippen molar-refractivity contribution in [1.29, 1.82) is 0 Å². The first-order chi connectivity index (χ1) is 7.22. The van der Waals surface area contributed by atoms with E-state index in [1.54, 1.807) is 24.3 Å². The van der Waals surface area contributed by atoms with Gasteiger partial charge in [0.1, 0.15) is 5.56 Å². The van der Waals surface area contributed by atoms with Gasteiger partial charge in [0.05, 0.1) is 7.11 Å². The Morgan fingerprint density at radius 1 is 1.27 bits per heavy atom. The molecule has 0 atom stereocenters. The van der Waals surface area contributed by atoms with E-state index in [1.165, 1.54) is 13.2 Å². The fourth-order valence-corrected chi connectivity index (χ4v) is 1.36. The molecule has 0 aliphatic heterocycles. The summed E-state index contributed by atoms with van der Waals surface area (Å²) in [5, 5.41) is 0.692. The van der Waals surface area contributed by atoms with Crippen LogP contribution in [0.2, 0.25) is 0 Å². The lowest BCUT2D eigenvalue weighted by atomic mass is 10.1. The first-order valence-corrected chi connectivity index (χ1v) is 4.33. The molecule has 4 heteroatoms. The molecule has 0 aliphatic rings. The SMILES string of the molecule is COC(=O)c1cccc2ccc(=O)oc12.